The van der Waals surface area contributed by atoms with Gasteiger partial charge >= 0.3 is 11.9 Å². The number of benzene rings is 2. The maximum atomic E-state index is 14.0. The van der Waals surface area contributed by atoms with Crippen LogP contribution in [0.3, 0.4) is 0 Å². The first-order valence-corrected chi connectivity index (χ1v) is 13.8. The van der Waals surface area contributed by atoms with Gasteiger partial charge < -0.3 is 14.2 Å². The monoisotopic (exact) mass is 543 g/mol. The third-order valence-corrected chi connectivity index (χ3v) is 7.55. The maximum Gasteiger partial charge on any atom is 0.337 e. The van der Waals surface area contributed by atoms with Gasteiger partial charge in [0, 0.05) is 17.7 Å². The van der Waals surface area contributed by atoms with Crippen molar-refractivity contribution in [1.82, 2.24) is 10.2 Å². The highest BCUT2D eigenvalue weighted by Gasteiger charge is 2.48. The van der Waals surface area contributed by atoms with Crippen LogP contribution in [0.2, 0.25) is 0 Å². The van der Waals surface area contributed by atoms with Gasteiger partial charge in [0.15, 0.2) is 0 Å². The summed E-state index contributed by atoms with van der Waals surface area (Å²) in [7, 11) is 0. The summed E-state index contributed by atoms with van der Waals surface area (Å²) in [6, 6.07) is 9.95. The molecule has 0 amide bonds. The summed E-state index contributed by atoms with van der Waals surface area (Å²) >= 11 is 0. The van der Waals surface area contributed by atoms with Crippen molar-refractivity contribution in [2.24, 2.45) is 10.9 Å². The molecular weight excluding hydrogens is 506 g/mol. The molecule has 0 bridgehead atoms. The summed E-state index contributed by atoms with van der Waals surface area (Å²) in [6.45, 7) is 14.1. The van der Waals surface area contributed by atoms with E-state index in [1.807, 2.05) is 52.8 Å². The second kappa shape index (κ2) is 10.7. The molecule has 0 saturated heterocycles. The van der Waals surface area contributed by atoms with Crippen molar-refractivity contribution in [1.29, 1.82) is 0 Å². The van der Waals surface area contributed by atoms with Crippen LogP contribution >= 0.6 is 0 Å². The summed E-state index contributed by atoms with van der Waals surface area (Å²) in [4.78, 5) is 32.6. The van der Waals surface area contributed by atoms with Gasteiger partial charge in [-0.15, -0.1) is 0 Å². The highest BCUT2D eigenvalue weighted by Crippen LogP contribution is 2.48. The number of aliphatic imine (C=N–C) groups is 1. The van der Waals surface area contributed by atoms with Crippen LogP contribution in [0, 0.1) is 26.7 Å². The average molecular weight is 544 g/mol. The first kappa shape index (κ1) is 27.8. The molecular formula is C32H37N3O5. The topological polar surface area (TPSA) is 103 Å². The van der Waals surface area contributed by atoms with Crippen LogP contribution < -0.4 is 0 Å². The number of aryl methyl sites for hydroxylation is 3. The molecule has 1 aromatic heterocycles. The van der Waals surface area contributed by atoms with E-state index in [4.69, 9.17) is 19.2 Å². The number of hydrogen-bond donors (Lipinski definition) is 1. The third kappa shape index (κ3) is 5.20. The smallest absolute Gasteiger partial charge is 0.337 e. The van der Waals surface area contributed by atoms with Gasteiger partial charge in [0.1, 0.15) is 12.0 Å². The van der Waals surface area contributed by atoms with Crippen molar-refractivity contribution < 1.29 is 23.8 Å². The molecule has 3 unspecified atom stereocenters. The predicted molar refractivity (Wildman–Crippen MR) is 153 cm³/mol. The average Bonchev–Trinajstić information content (AvgIpc) is 3.35. The number of nitrogens with zero attached hydrogens (tertiary/aromatic N) is 2. The Hall–Kier alpha value is -3.78. The quantitative estimate of drug-likeness (QED) is 0.385. The molecule has 8 nitrogen and oxygen atoms in total. The predicted octanol–water partition coefficient (Wildman–Crippen LogP) is 5.96. The van der Waals surface area contributed by atoms with Crippen molar-refractivity contribution in [3.05, 3.63) is 75.6 Å². The molecule has 8 heteroatoms. The largest absolute Gasteiger partial charge is 0.465 e. The summed E-state index contributed by atoms with van der Waals surface area (Å²) in [5, 5.41) is 8.05. The van der Waals surface area contributed by atoms with Gasteiger partial charge in [-0.2, -0.15) is 5.10 Å². The summed E-state index contributed by atoms with van der Waals surface area (Å²) in [5.74, 6) is -2.44. The van der Waals surface area contributed by atoms with Crippen LogP contribution in [-0.4, -0.2) is 46.7 Å². The fourth-order valence-corrected chi connectivity index (χ4v) is 6.03. The zero-order chi connectivity index (χ0) is 28.8. The number of fused-ring (bicyclic) bond motifs is 1. The Bertz CT molecular complexity index is 1520. The van der Waals surface area contributed by atoms with E-state index in [1.165, 1.54) is 0 Å². The molecule has 40 heavy (non-hydrogen) atoms. The summed E-state index contributed by atoms with van der Waals surface area (Å²) in [5.41, 5.74) is 6.99. The lowest BCUT2D eigenvalue weighted by Crippen LogP contribution is -2.42. The van der Waals surface area contributed by atoms with Gasteiger partial charge in [0.05, 0.1) is 47.5 Å². The number of carbonyl (C=O) groups is 2. The van der Waals surface area contributed by atoms with Crippen LogP contribution in [0.5, 0.6) is 0 Å². The first-order chi connectivity index (χ1) is 19.0. The number of aromatic amines is 1. The highest BCUT2D eigenvalue weighted by molar-refractivity contribution is 6.09. The molecule has 0 fully saturated rings. The van der Waals surface area contributed by atoms with Crippen LogP contribution in [0.25, 0.3) is 10.9 Å². The fourth-order valence-electron chi connectivity index (χ4n) is 6.03. The van der Waals surface area contributed by atoms with E-state index in [-0.39, 0.29) is 13.2 Å². The van der Waals surface area contributed by atoms with Crippen LogP contribution in [0.1, 0.15) is 74.0 Å². The van der Waals surface area contributed by atoms with E-state index < -0.39 is 35.5 Å². The standard InChI is InChI=1S/C32H37N3O5/c1-8-38-30(36)29-24(16-39-32(5,6)7)34-23-14-25(26-18(3)12-17(2)13-19(26)4)40-31(37)28(23)27(29)20-10-9-11-22-21(20)15-33-35-22/h9-13,15,25,27,29H,8,14,16H2,1-7H3,(H,33,35). The number of esters is 2. The summed E-state index contributed by atoms with van der Waals surface area (Å²) in [6.07, 6.45) is 1.64. The fraction of sp³-hybridized carbons (Fsp3) is 0.438. The molecule has 0 radical (unpaired) electrons. The zero-order valence-electron chi connectivity index (χ0n) is 24.3. The Morgan fingerprint density at radius 2 is 1.88 bits per heavy atom. The van der Waals surface area contributed by atoms with Crippen LogP contribution in [0.4, 0.5) is 0 Å². The first-order valence-electron chi connectivity index (χ1n) is 13.8. The molecule has 3 heterocycles. The normalized spacial score (nSPS) is 21.2. The van der Waals surface area contributed by atoms with E-state index in [0.717, 1.165) is 38.7 Å². The Kier molecular flexibility index (Phi) is 7.40. The molecule has 2 aromatic carbocycles. The molecule has 2 aliphatic rings. The molecule has 210 valence electrons. The second-order valence-corrected chi connectivity index (χ2v) is 11.7. The maximum absolute atomic E-state index is 14.0. The molecule has 0 aliphatic carbocycles. The van der Waals surface area contributed by atoms with Gasteiger partial charge in [-0.3, -0.25) is 14.9 Å². The minimum Gasteiger partial charge on any atom is -0.465 e. The lowest BCUT2D eigenvalue weighted by molar-refractivity contribution is -0.148. The van der Waals surface area contributed by atoms with E-state index in [2.05, 4.69) is 29.3 Å². The Morgan fingerprint density at radius 1 is 1.15 bits per heavy atom. The number of aromatic nitrogens is 2. The molecule has 3 aromatic rings. The number of rotatable bonds is 6. The minimum absolute atomic E-state index is 0.129. The van der Waals surface area contributed by atoms with E-state index >= 15 is 0 Å². The van der Waals surface area contributed by atoms with Gasteiger partial charge in [0.2, 0.25) is 0 Å². The molecule has 0 saturated carbocycles. The van der Waals surface area contributed by atoms with E-state index in [9.17, 15) is 9.59 Å². The van der Waals surface area contributed by atoms with Crippen LogP contribution in [-0.2, 0) is 23.8 Å². The van der Waals surface area contributed by atoms with E-state index in [1.54, 1.807) is 13.1 Å². The number of nitrogens with one attached hydrogen (secondary N) is 1. The van der Waals surface area contributed by atoms with Crippen molar-refractivity contribution in [2.45, 2.75) is 72.5 Å². The molecule has 2 aliphatic heterocycles. The Labute approximate surface area is 234 Å². The molecule has 3 atom stereocenters. The number of cyclic esters (lactones) is 1. The van der Waals surface area contributed by atoms with Gasteiger partial charge in [-0.25, -0.2) is 4.79 Å². The third-order valence-electron chi connectivity index (χ3n) is 7.55. The van der Waals surface area contributed by atoms with Crippen molar-refractivity contribution in [2.75, 3.05) is 13.2 Å². The summed E-state index contributed by atoms with van der Waals surface area (Å²) < 4.78 is 17.9. The zero-order valence-corrected chi connectivity index (χ0v) is 24.3. The molecule has 5 rings (SSSR count). The minimum atomic E-state index is -0.853. The SMILES string of the molecule is CCOC(=O)C1C(COC(C)(C)C)=NC2=C(C(=O)OC(c3c(C)cc(C)cc3C)C2)C1c1cccc2[nH]ncc12. The molecule has 0 spiro atoms. The lowest BCUT2D eigenvalue weighted by atomic mass is 9.73. The van der Waals surface area contributed by atoms with Crippen molar-refractivity contribution in [3.8, 4) is 0 Å². The van der Waals surface area contributed by atoms with Gasteiger partial charge in [-0.1, -0.05) is 29.8 Å². The van der Waals surface area contributed by atoms with Crippen molar-refractivity contribution >= 4 is 28.6 Å². The molecule has 1 N–H and O–H groups in total. The van der Waals surface area contributed by atoms with Crippen LogP contribution in [0.15, 0.2) is 52.8 Å². The van der Waals surface area contributed by atoms with Gasteiger partial charge in [-0.05, 0) is 76.8 Å². The Morgan fingerprint density at radius 3 is 2.55 bits per heavy atom. The van der Waals surface area contributed by atoms with Gasteiger partial charge in [0.25, 0.3) is 0 Å². The van der Waals surface area contributed by atoms with Crippen molar-refractivity contribution in [3.63, 3.8) is 0 Å². The Balaban J connectivity index is 1.70. The van der Waals surface area contributed by atoms with E-state index in [0.29, 0.717) is 23.4 Å². The second-order valence-electron chi connectivity index (χ2n) is 11.7. The number of ether oxygens (including phenoxy) is 3. The number of H-pyrrole nitrogens is 1. The number of hydrogen-bond acceptors (Lipinski definition) is 7. The number of carbonyl (C=O) groups excluding carboxylic acids is 2. The lowest BCUT2D eigenvalue weighted by Gasteiger charge is -2.38. The highest BCUT2D eigenvalue weighted by atomic mass is 16.5.